The Morgan fingerprint density at radius 3 is 2.31 bits per heavy atom. The summed E-state index contributed by atoms with van der Waals surface area (Å²) in [5.74, 6) is 0. The molecule has 1 atom stereocenters. The second-order valence-corrected chi connectivity index (χ2v) is 11.9. The maximum Gasteiger partial charge on any atom is 4.00 e. The first-order chi connectivity index (χ1) is 11.3. The smallest absolute Gasteiger partial charge is 1.00 e. The van der Waals surface area contributed by atoms with Crippen molar-refractivity contribution in [3.05, 3.63) is 84.0 Å². The van der Waals surface area contributed by atoms with E-state index in [-0.39, 0.29) is 46.5 Å². The summed E-state index contributed by atoms with van der Waals surface area (Å²) in [6.45, 7) is 2.59. The molecule has 2 aromatic rings. The van der Waals surface area contributed by atoms with Gasteiger partial charge in [0.2, 0.25) is 0 Å². The van der Waals surface area contributed by atoms with Crippen LogP contribution in [0.1, 0.15) is 29.5 Å². The number of fused-ring (bicyclic) bond motifs is 3. The van der Waals surface area contributed by atoms with Gasteiger partial charge in [-0.05, 0) is 11.1 Å². The van der Waals surface area contributed by atoms with E-state index < -0.39 is 8.07 Å². The van der Waals surface area contributed by atoms with E-state index >= 15 is 0 Å². The molecule has 3 aliphatic rings. The summed E-state index contributed by atoms with van der Waals surface area (Å²) in [6.07, 6.45) is 11.4. The minimum absolute atomic E-state index is 0. The third-order valence-electron chi connectivity index (χ3n) is 5.52. The molecule has 1 heterocycles. The fourth-order valence-electron chi connectivity index (χ4n) is 4.16. The molecule has 0 amide bonds. The molecule has 0 bridgehead atoms. The summed E-state index contributed by atoms with van der Waals surface area (Å²) >= 11 is 0. The summed E-state index contributed by atoms with van der Waals surface area (Å²) < 4.78 is 0. The zero-order chi connectivity index (χ0) is 15.7. The number of hydrogen-bond acceptors (Lipinski definition) is 0. The van der Waals surface area contributed by atoms with E-state index in [0.717, 1.165) is 6.42 Å². The maximum atomic E-state index is 3.55. The van der Waals surface area contributed by atoms with Crippen LogP contribution < -0.4 is 24.8 Å². The minimum atomic E-state index is -1.10. The van der Waals surface area contributed by atoms with Crippen LogP contribution >= 0.6 is 0 Å². The van der Waals surface area contributed by atoms with Gasteiger partial charge in [-0.25, -0.2) is 12.2 Å². The molecule has 2 aliphatic carbocycles. The summed E-state index contributed by atoms with van der Waals surface area (Å²) in [5.41, 5.74) is 6.70. The quantitative estimate of drug-likeness (QED) is 0.437. The van der Waals surface area contributed by atoms with Gasteiger partial charge in [0.25, 0.3) is 0 Å². The van der Waals surface area contributed by atoms with Gasteiger partial charge in [0.05, 0.1) is 8.07 Å². The molecule has 1 saturated heterocycles. The van der Waals surface area contributed by atoms with Gasteiger partial charge in [-0.1, -0.05) is 54.9 Å². The number of rotatable bonds is 1. The average Bonchev–Trinajstić information content (AvgIpc) is 3.23. The van der Waals surface area contributed by atoms with E-state index in [9.17, 15) is 0 Å². The molecule has 2 aromatic carbocycles. The molecule has 26 heavy (non-hydrogen) atoms. The van der Waals surface area contributed by atoms with Crippen LogP contribution in [-0.2, 0) is 21.7 Å². The number of halogens is 2. The standard InChI is InChI=1S/C17H17Si.C5H5.2ClH.Ti/c1-18(11-6-12-18)17-15-9-4-2-7-13(15)14-8-3-5-10-16(14)17;1-2-4-5-3-1;;;/h2-5,7-9,17H,6,11-12H2,1H3;1-3H,4H2;2*1H;/q2*-1;;;+4/p-2. The van der Waals surface area contributed by atoms with Crippen LogP contribution in [0.25, 0.3) is 11.1 Å². The normalized spacial score (nSPS) is 19.3. The van der Waals surface area contributed by atoms with Crippen molar-refractivity contribution in [1.82, 2.24) is 0 Å². The number of allylic oxidation sites excluding steroid dienone is 4. The van der Waals surface area contributed by atoms with Crippen LogP contribution in [0.3, 0.4) is 0 Å². The van der Waals surface area contributed by atoms with Crippen molar-refractivity contribution in [2.45, 2.75) is 37.0 Å². The van der Waals surface area contributed by atoms with Crippen molar-refractivity contribution in [2.75, 3.05) is 0 Å². The van der Waals surface area contributed by atoms with Crippen LogP contribution in [0.15, 0.2) is 60.7 Å². The monoisotopic (exact) mass is 432 g/mol. The average molecular weight is 433 g/mol. The minimum Gasteiger partial charge on any atom is -1.00 e. The van der Waals surface area contributed by atoms with Gasteiger partial charge < -0.3 is 24.8 Å². The maximum absolute atomic E-state index is 3.55. The Hall–Kier alpha value is -0.569. The van der Waals surface area contributed by atoms with Crippen LogP contribution in [0.2, 0.25) is 18.6 Å². The molecule has 0 N–H and O–H groups in total. The molecular formula is C22H22Cl2SiTi. The summed E-state index contributed by atoms with van der Waals surface area (Å²) in [7, 11) is -1.10. The van der Waals surface area contributed by atoms with Gasteiger partial charge in [-0.2, -0.15) is 30.3 Å². The second-order valence-electron chi connectivity index (χ2n) is 7.03. The molecular weight excluding hydrogens is 411 g/mol. The van der Waals surface area contributed by atoms with Gasteiger partial charge in [-0.15, -0.1) is 17.5 Å². The molecule has 1 unspecified atom stereocenters. The van der Waals surface area contributed by atoms with Gasteiger partial charge >= 0.3 is 21.7 Å². The van der Waals surface area contributed by atoms with Crippen molar-refractivity contribution >= 4 is 8.07 Å². The zero-order valence-corrected chi connectivity index (χ0v) is 19.0. The Balaban J connectivity index is 0.000000372. The Kier molecular flexibility index (Phi) is 9.12. The Labute approximate surface area is 185 Å². The summed E-state index contributed by atoms with van der Waals surface area (Å²) in [6, 6.07) is 22.1. The van der Waals surface area contributed by atoms with E-state index in [1.54, 1.807) is 5.56 Å². The van der Waals surface area contributed by atoms with Gasteiger partial charge in [0.1, 0.15) is 0 Å². The number of hydrogen-bond donors (Lipinski definition) is 0. The van der Waals surface area contributed by atoms with Crippen LogP contribution in [0.5, 0.6) is 0 Å². The molecule has 0 aromatic heterocycles. The van der Waals surface area contributed by atoms with Crippen molar-refractivity contribution in [3.8, 4) is 11.1 Å². The van der Waals surface area contributed by atoms with E-state index in [1.165, 1.54) is 35.2 Å². The van der Waals surface area contributed by atoms with Crippen LogP contribution in [-0.4, -0.2) is 8.07 Å². The largest absolute Gasteiger partial charge is 4.00 e. The second kappa shape index (κ2) is 10.1. The van der Waals surface area contributed by atoms with Crippen molar-refractivity contribution < 1.29 is 46.5 Å². The molecule has 0 nitrogen and oxygen atoms in total. The molecule has 0 spiro atoms. The Morgan fingerprint density at radius 2 is 1.73 bits per heavy atom. The molecule has 1 fully saturated rings. The predicted octanol–water partition coefficient (Wildman–Crippen LogP) is -0.0682. The SMILES string of the molecule is C[Si]1(C2c3[c-]cccc3-c3ccccc32)CCC1.[C-]1=CC=CC1.[Cl-].[Cl-].[Ti+4]. The van der Waals surface area contributed by atoms with E-state index in [2.05, 4.69) is 67.2 Å². The van der Waals surface area contributed by atoms with Crippen molar-refractivity contribution in [1.29, 1.82) is 0 Å². The molecule has 132 valence electrons. The first-order valence-corrected chi connectivity index (χ1v) is 11.6. The van der Waals surface area contributed by atoms with Crippen LogP contribution in [0.4, 0.5) is 0 Å². The zero-order valence-electron chi connectivity index (χ0n) is 14.9. The Morgan fingerprint density at radius 1 is 1.00 bits per heavy atom. The third-order valence-corrected chi connectivity index (χ3v) is 10.5. The van der Waals surface area contributed by atoms with Gasteiger partial charge in [-0.3, -0.25) is 6.08 Å². The fraction of sp³-hybridized carbons (Fsp3) is 0.273. The fourth-order valence-corrected chi connectivity index (χ4v) is 8.14. The first-order valence-electron chi connectivity index (χ1n) is 8.61. The molecule has 1 aliphatic heterocycles. The topological polar surface area (TPSA) is 0 Å². The summed E-state index contributed by atoms with van der Waals surface area (Å²) in [5, 5.41) is 0. The molecule has 0 radical (unpaired) electrons. The van der Waals surface area contributed by atoms with E-state index in [4.69, 9.17) is 0 Å². The number of benzene rings is 2. The van der Waals surface area contributed by atoms with Crippen molar-refractivity contribution in [2.24, 2.45) is 0 Å². The van der Waals surface area contributed by atoms with Crippen molar-refractivity contribution in [3.63, 3.8) is 0 Å². The summed E-state index contributed by atoms with van der Waals surface area (Å²) in [4.78, 5) is 0. The molecule has 4 heteroatoms. The van der Waals surface area contributed by atoms with E-state index in [1.807, 2.05) is 12.2 Å². The van der Waals surface area contributed by atoms with Gasteiger partial charge in [0, 0.05) is 0 Å². The first kappa shape index (κ1) is 23.5. The molecule has 5 rings (SSSR count). The Bertz CT molecular complexity index is 726. The van der Waals surface area contributed by atoms with Crippen LogP contribution in [0, 0.1) is 12.1 Å². The van der Waals surface area contributed by atoms with E-state index in [0.29, 0.717) is 5.54 Å². The third kappa shape index (κ3) is 4.29. The molecule has 0 saturated carbocycles. The predicted molar refractivity (Wildman–Crippen MR) is 100.0 cm³/mol. The van der Waals surface area contributed by atoms with Gasteiger partial charge in [0.15, 0.2) is 0 Å².